The highest BCUT2D eigenvalue weighted by molar-refractivity contribution is 6.03. The summed E-state index contributed by atoms with van der Waals surface area (Å²) in [6, 6.07) is 12.8. The third-order valence-electron chi connectivity index (χ3n) is 5.55. The summed E-state index contributed by atoms with van der Waals surface area (Å²) in [5.74, 6) is -0.371. The number of benzene rings is 2. The third-order valence-corrected chi connectivity index (χ3v) is 5.55. The molecule has 0 saturated heterocycles. The summed E-state index contributed by atoms with van der Waals surface area (Å²) in [5.41, 5.74) is -0.587. The lowest BCUT2D eigenvalue weighted by molar-refractivity contribution is -0.384. The molecule has 0 atom stereocenters. The van der Waals surface area contributed by atoms with E-state index in [2.05, 4.69) is 15.4 Å². The molecule has 0 aliphatic heterocycles. The topological polar surface area (TPSA) is 112 Å². The molecule has 1 aliphatic carbocycles. The van der Waals surface area contributed by atoms with Crippen LogP contribution in [0.15, 0.2) is 54.6 Å². The van der Waals surface area contributed by atoms with Gasteiger partial charge in [-0.15, -0.1) is 0 Å². The first-order valence-electron chi connectivity index (χ1n) is 10.9. The summed E-state index contributed by atoms with van der Waals surface area (Å²) in [6.07, 6.45) is -3.20. The van der Waals surface area contributed by atoms with Gasteiger partial charge in [0.1, 0.15) is 17.2 Å². The van der Waals surface area contributed by atoms with Crippen LogP contribution in [0.5, 0.6) is 11.5 Å². The number of aryl methyl sites for hydroxylation is 1. The maximum absolute atomic E-state index is 13.6. The van der Waals surface area contributed by atoms with Crippen molar-refractivity contribution in [3.63, 3.8) is 0 Å². The van der Waals surface area contributed by atoms with Crippen molar-refractivity contribution in [1.29, 1.82) is 0 Å². The van der Waals surface area contributed by atoms with Crippen molar-refractivity contribution in [2.75, 3.05) is 5.32 Å². The van der Waals surface area contributed by atoms with Gasteiger partial charge in [-0.1, -0.05) is 12.1 Å². The van der Waals surface area contributed by atoms with Crippen molar-refractivity contribution in [1.82, 2.24) is 14.6 Å². The summed E-state index contributed by atoms with van der Waals surface area (Å²) < 4.78 is 47.2. The minimum absolute atomic E-state index is 0.0107. The molecule has 0 bridgehead atoms. The highest BCUT2D eigenvalue weighted by atomic mass is 19.4. The lowest BCUT2D eigenvalue weighted by Gasteiger charge is -2.10. The Bertz CT molecular complexity index is 1510. The first-order chi connectivity index (χ1) is 17.1. The van der Waals surface area contributed by atoms with Gasteiger partial charge >= 0.3 is 6.18 Å². The van der Waals surface area contributed by atoms with Crippen LogP contribution in [0.4, 0.5) is 24.5 Å². The number of hydrogen-bond donors (Lipinski definition) is 1. The van der Waals surface area contributed by atoms with Gasteiger partial charge in [0.2, 0.25) is 0 Å². The van der Waals surface area contributed by atoms with Crippen LogP contribution in [0.3, 0.4) is 0 Å². The van der Waals surface area contributed by atoms with Crippen LogP contribution in [0.25, 0.3) is 5.65 Å². The van der Waals surface area contributed by atoms with Crippen molar-refractivity contribution in [3.8, 4) is 11.5 Å². The number of anilines is 1. The lowest BCUT2D eigenvalue weighted by Crippen LogP contribution is -2.16. The maximum Gasteiger partial charge on any atom is 0.433 e. The predicted molar refractivity (Wildman–Crippen MR) is 122 cm³/mol. The second kappa shape index (κ2) is 8.63. The first kappa shape index (κ1) is 23.3. The molecule has 36 heavy (non-hydrogen) atoms. The van der Waals surface area contributed by atoms with Crippen LogP contribution >= 0.6 is 0 Å². The molecule has 1 N–H and O–H groups in total. The number of aromatic nitrogens is 3. The SMILES string of the molecule is Cc1cccc(Oc2cc(NC(=O)c3cc4nc(C5CC5)cc(C(F)(F)F)n4n3)cc([N+](=O)[O-])c2)c1. The fourth-order valence-corrected chi connectivity index (χ4v) is 3.72. The molecule has 1 aliphatic rings. The maximum atomic E-state index is 13.6. The van der Waals surface area contributed by atoms with Crippen molar-refractivity contribution in [2.24, 2.45) is 0 Å². The zero-order valence-corrected chi connectivity index (χ0v) is 18.7. The van der Waals surface area contributed by atoms with Crippen LogP contribution in [0.2, 0.25) is 0 Å². The van der Waals surface area contributed by atoms with Crippen LogP contribution < -0.4 is 10.1 Å². The highest BCUT2D eigenvalue weighted by Crippen LogP contribution is 2.41. The number of hydrogen-bond acceptors (Lipinski definition) is 6. The standard InChI is InChI=1S/C24H18F3N5O4/c1-13-3-2-4-17(7-13)36-18-9-15(8-16(10-18)32(34)35)28-23(33)20-12-22-29-19(14-5-6-14)11-21(24(25,26)27)31(22)30-20/h2-4,7-12,14H,5-6H2,1H3,(H,28,33). The van der Waals surface area contributed by atoms with Gasteiger partial charge in [-0.05, 0) is 43.5 Å². The number of nitro benzene ring substituents is 1. The molecule has 0 spiro atoms. The van der Waals surface area contributed by atoms with Gasteiger partial charge in [0.25, 0.3) is 11.6 Å². The lowest BCUT2D eigenvalue weighted by atomic mass is 10.2. The van der Waals surface area contributed by atoms with Crippen molar-refractivity contribution in [2.45, 2.75) is 31.9 Å². The van der Waals surface area contributed by atoms with Gasteiger partial charge in [-0.2, -0.15) is 18.3 Å². The Balaban J connectivity index is 1.47. The van der Waals surface area contributed by atoms with E-state index in [-0.39, 0.29) is 34.4 Å². The van der Waals surface area contributed by atoms with Gasteiger partial charge in [0.15, 0.2) is 11.3 Å². The smallest absolute Gasteiger partial charge is 0.433 e. The molecule has 2 aromatic carbocycles. The summed E-state index contributed by atoms with van der Waals surface area (Å²) in [4.78, 5) is 27.9. The zero-order chi connectivity index (χ0) is 25.6. The van der Waals surface area contributed by atoms with E-state index in [1.165, 1.54) is 12.1 Å². The second-order valence-electron chi connectivity index (χ2n) is 8.48. The van der Waals surface area contributed by atoms with Gasteiger partial charge in [-0.3, -0.25) is 14.9 Å². The minimum Gasteiger partial charge on any atom is -0.457 e. The minimum atomic E-state index is -4.70. The number of halogens is 3. The monoisotopic (exact) mass is 497 g/mol. The van der Waals surface area contributed by atoms with Crippen LogP contribution in [0, 0.1) is 17.0 Å². The molecule has 4 aromatic rings. The molecule has 184 valence electrons. The molecular weight excluding hydrogens is 479 g/mol. The largest absolute Gasteiger partial charge is 0.457 e. The van der Waals surface area contributed by atoms with Gasteiger partial charge in [0.05, 0.1) is 16.7 Å². The van der Waals surface area contributed by atoms with Crippen LogP contribution in [-0.2, 0) is 6.18 Å². The molecular formula is C24H18F3N5O4. The Morgan fingerprint density at radius 2 is 1.92 bits per heavy atom. The number of nitro groups is 1. The van der Waals surface area contributed by atoms with Crippen molar-refractivity contribution < 1.29 is 27.6 Å². The zero-order valence-electron chi connectivity index (χ0n) is 18.7. The molecule has 9 nitrogen and oxygen atoms in total. The summed E-state index contributed by atoms with van der Waals surface area (Å²) >= 11 is 0. The summed E-state index contributed by atoms with van der Waals surface area (Å²) in [5, 5.41) is 17.7. The number of nitrogens with zero attached hydrogens (tertiary/aromatic N) is 4. The number of alkyl halides is 3. The Kier molecular flexibility index (Phi) is 5.58. The van der Waals surface area contributed by atoms with E-state index in [0.717, 1.165) is 36.6 Å². The van der Waals surface area contributed by atoms with E-state index in [4.69, 9.17) is 4.74 Å². The number of carbonyl (C=O) groups is 1. The van der Waals surface area contributed by atoms with E-state index >= 15 is 0 Å². The van der Waals surface area contributed by atoms with Crippen LogP contribution in [-0.4, -0.2) is 25.4 Å². The van der Waals surface area contributed by atoms with Gasteiger partial charge in [-0.25, -0.2) is 9.50 Å². The molecule has 5 rings (SSSR count). The quantitative estimate of drug-likeness (QED) is 0.263. The average Bonchev–Trinajstić information content (AvgIpc) is 3.56. The number of carbonyl (C=O) groups excluding carboxylic acids is 1. The molecule has 2 aromatic heterocycles. The van der Waals surface area contributed by atoms with E-state index < -0.39 is 22.7 Å². The van der Waals surface area contributed by atoms with Gasteiger partial charge in [0, 0.05) is 29.8 Å². The fourth-order valence-electron chi connectivity index (χ4n) is 3.72. The number of non-ortho nitro benzene ring substituents is 1. The molecule has 12 heteroatoms. The normalized spacial score (nSPS) is 13.6. The Labute approximate surface area is 201 Å². The van der Waals surface area contributed by atoms with E-state index in [9.17, 15) is 28.1 Å². The Morgan fingerprint density at radius 1 is 1.14 bits per heavy atom. The molecule has 1 fully saturated rings. The van der Waals surface area contributed by atoms with Gasteiger partial charge < -0.3 is 10.1 Å². The molecule has 1 amide bonds. The van der Waals surface area contributed by atoms with E-state index in [1.807, 2.05) is 13.0 Å². The van der Waals surface area contributed by atoms with Crippen LogP contribution in [0.1, 0.15) is 46.2 Å². The average molecular weight is 497 g/mol. The molecule has 0 unspecified atom stereocenters. The van der Waals surface area contributed by atoms with E-state index in [1.54, 1.807) is 18.2 Å². The van der Waals surface area contributed by atoms with Crippen molar-refractivity contribution >= 4 is 22.9 Å². The number of amides is 1. The summed E-state index contributed by atoms with van der Waals surface area (Å²) in [6.45, 7) is 1.85. The second-order valence-corrected chi connectivity index (χ2v) is 8.48. The first-order valence-corrected chi connectivity index (χ1v) is 10.9. The Hall–Kier alpha value is -4.48. The predicted octanol–water partition coefficient (Wildman–Crippen LogP) is 5.89. The molecule has 1 saturated carbocycles. The summed E-state index contributed by atoms with van der Waals surface area (Å²) in [7, 11) is 0. The number of nitrogens with one attached hydrogen (secondary N) is 1. The fraction of sp³-hybridized carbons (Fsp3) is 0.208. The molecule has 0 radical (unpaired) electrons. The Morgan fingerprint density at radius 3 is 2.58 bits per heavy atom. The highest BCUT2D eigenvalue weighted by Gasteiger charge is 2.37. The van der Waals surface area contributed by atoms with E-state index in [0.29, 0.717) is 16.0 Å². The third kappa shape index (κ3) is 4.83. The number of rotatable bonds is 6. The number of ether oxygens (including phenoxy) is 1. The molecule has 2 heterocycles. The number of fused-ring (bicyclic) bond motifs is 1. The van der Waals surface area contributed by atoms with Crippen molar-refractivity contribution in [3.05, 3.63) is 87.4 Å².